The van der Waals surface area contributed by atoms with E-state index >= 15 is 0 Å². The topological polar surface area (TPSA) is 84.2 Å². The third kappa shape index (κ3) is 3.63. The second kappa shape index (κ2) is 7.24. The summed E-state index contributed by atoms with van der Waals surface area (Å²) < 4.78 is 19.0. The fraction of sp³-hybridized carbons (Fsp3) is 0.0500. The second-order valence-electron chi connectivity index (χ2n) is 6.05. The Balaban J connectivity index is 1.54. The molecule has 0 saturated heterocycles. The molecule has 2 amide bonds. The maximum atomic E-state index is 13.3. The number of carbonyl (C=O) groups excluding carboxylic acids is 2. The van der Waals surface area contributed by atoms with Crippen LogP contribution >= 0.6 is 11.3 Å². The van der Waals surface area contributed by atoms with Crippen molar-refractivity contribution in [3.63, 3.8) is 0 Å². The van der Waals surface area contributed by atoms with Gasteiger partial charge in [-0.15, -0.1) is 0 Å². The number of benzene rings is 2. The molecule has 4 aromatic rings. The highest BCUT2D eigenvalue weighted by atomic mass is 32.1. The molecule has 2 heterocycles. The van der Waals surface area contributed by atoms with E-state index in [0.717, 1.165) is 5.56 Å². The van der Waals surface area contributed by atoms with E-state index in [-0.39, 0.29) is 17.5 Å². The summed E-state index contributed by atoms with van der Waals surface area (Å²) in [6, 6.07) is 12.4. The molecule has 0 bridgehead atoms. The first-order valence-corrected chi connectivity index (χ1v) is 9.14. The van der Waals surface area contributed by atoms with Crippen LogP contribution in [0.15, 0.2) is 59.2 Å². The Bertz CT molecular complexity index is 1180. The summed E-state index contributed by atoms with van der Waals surface area (Å²) >= 11 is 1.19. The van der Waals surface area contributed by atoms with Crippen LogP contribution in [0.3, 0.4) is 0 Å². The number of furan rings is 1. The SMILES string of the molecule is Cc1ccc(C(=O)Nc2nc3ccc(F)cc3s2)cc1NC(=O)c1ccco1. The van der Waals surface area contributed by atoms with E-state index in [9.17, 15) is 14.0 Å². The summed E-state index contributed by atoms with van der Waals surface area (Å²) in [4.78, 5) is 29.0. The Hall–Kier alpha value is -3.52. The van der Waals surface area contributed by atoms with Crippen molar-refractivity contribution in [1.29, 1.82) is 0 Å². The number of rotatable bonds is 4. The van der Waals surface area contributed by atoms with Crippen molar-refractivity contribution < 1.29 is 18.4 Å². The summed E-state index contributed by atoms with van der Waals surface area (Å²) in [5.41, 5.74) is 2.26. The molecule has 2 N–H and O–H groups in total. The number of hydrogen-bond donors (Lipinski definition) is 2. The Morgan fingerprint density at radius 2 is 1.93 bits per heavy atom. The number of thiazole rings is 1. The second-order valence-corrected chi connectivity index (χ2v) is 7.08. The summed E-state index contributed by atoms with van der Waals surface area (Å²) in [7, 11) is 0. The molecular formula is C20H14FN3O3S. The van der Waals surface area contributed by atoms with Gasteiger partial charge in [-0.05, 0) is 55.0 Å². The van der Waals surface area contributed by atoms with Crippen LogP contribution in [0.1, 0.15) is 26.5 Å². The van der Waals surface area contributed by atoms with E-state index in [4.69, 9.17) is 4.42 Å². The first kappa shape index (κ1) is 17.9. The predicted molar refractivity (Wildman–Crippen MR) is 105 cm³/mol. The third-order valence-electron chi connectivity index (χ3n) is 4.06. The summed E-state index contributed by atoms with van der Waals surface area (Å²) in [5, 5.41) is 5.81. The third-order valence-corrected chi connectivity index (χ3v) is 5.00. The molecular weight excluding hydrogens is 381 g/mol. The minimum absolute atomic E-state index is 0.177. The molecule has 0 unspecified atom stereocenters. The number of halogens is 1. The zero-order valence-corrected chi connectivity index (χ0v) is 15.5. The molecule has 0 aliphatic heterocycles. The lowest BCUT2D eigenvalue weighted by Gasteiger charge is -2.09. The molecule has 0 radical (unpaired) electrons. The molecule has 0 aliphatic carbocycles. The van der Waals surface area contributed by atoms with Crippen molar-refractivity contribution in [2.45, 2.75) is 6.92 Å². The molecule has 8 heteroatoms. The van der Waals surface area contributed by atoms with Gasteiger partial charge in [0.1, 0.15) is 5.82 Å². The Morgan fingerprint density at radius 1 is 1.07 bits per heavy atom. The van der Waals surface area contributed by atoms with Gasteiger partial charge in [0.2, 0.25) is 0 Å². The normalized spacial score (nSPS) is 10.8. The average Bonchev–Trinajstić information content (AvgIpc) is 3.32. The van der Waals surface area contributed by atoms with Gasteiger partial charge in [-0.25, -0.2) is 9.37 Å². The quantitative estimate of drug-likeness (QED) is 0.518. The first-order valence-electron chi connectivity index (χ1n) is 8.32. The van der Waals surface area contributed by atoms with Gasteiger partial charge in [0.25, 0.3) is 11.8 Å². The minimum atomic E-state index is -0.404. The number of hydrogen-bond acceptors (Lipinski definition) is 5. The summed E-state index contributed by atoms with van der Waals surface area (Å²) in [5.74, 6) is -0.965. The van der Waals surface area contributed by atoms with Gasteiger partial charge < -0.3 is 9.73 Å². The maximum absolute atomic E-state index is 13.3. The molecule has 0 spiro atoms. The van der Waals surface area contributed by atoms with Crippen molar-refractivity contribution in [1.82, 2.24) is 4.98 Å². The van der Waals surface area contributed by atoms with Crippen molar-refractivity contribution >= 4 is 44.2 Å². The number of aryl methyl sites for hydroxylation is 1. The van der Waals surface area contributed by atoms with Gasteiger partial charge in [-0.3, -0.25) is 14.9 Å². The molecule has 0 atom stereocenters. The first-order chi connectivity index (χ1) is 13.5. The van der Waals surface area contributed by atoms with Crippen molar-refractivity contribution in [2.24, 2.45) is 0 Å². The lowest BCUT2D eigenvalue weighted by Crippen LogP contribution is -2.15. The van der Waals surface area contributed by atoms with E-state index in [0.29, 0.717) is 26.6 Å². The van der Waals surface area contributed by atoms with Gasteiger partial charge >= 0.3 is 0 Å². The van der Waals surface area contributed by atoms with Crippen molar-refractivity contribution in [2.75, 3.05) is 10.6 Å². The Morgan fingerprint density at radius 3 is 2.71 bits per heavy atom. The fourth-order valence-corrected chi connectivity index (χ4v) is 3.50. The van der Waals surface area contributed by atoms with E-state index in [2.05, 4.69) is 15.6 Å². The fourth-order valence-electron chi connectivity index (χ4n) is 2.61. The van der Waals surface area contributed by atoms with Gasteiger partial charge in [-0.1, -0.05) is 17.4 Å². The molecule has 140 valence electrons. The number of nitrogens with zero attached hydrogens (tertiary/aromatic N) is 1. The van der Waals surface area contributed by atoms with Gasteiger partial charge in [-0.2, -0.15) is 0 Å². The van der Waals surface area contributed by atoms with Crippen molar-refractivity contribution in [3.05, 3.63) is 77.5 Å². The number of aromatic nitrogens is 1. The van der Waals surface area contributed by atoms with Crippen LogP contribution in [0, 0.1) is 12.7 Å². The number of nitrogens with one attached hydrogen (secondary N) is 2. The summed E-state index contributed by atoms with van der Waals surface area (Å²) in [6.07, 6.45) is 1.41. The smallest absolute Gasteiger partial charge is 0.291 e. The van der Waals surface area contributed by atoms with Gasteiger partial charge in [0, 0.05) is 11.3 Å². The van der Waals surface area contributed by atoms with Crippen LogP contribution in [0.25, 0.3) is 10.2 Å². The molecule has 0 saturated carbocycles. The number of fused-ring (bicyclic) bond motifs is 1. The number of anilines is 2. The predicted octanol–water partition coefficient (Wildman–Crippen LogP) is 4.84. The van der Waals surface area contributed by atoms with Gasteiger partial charge in [0.15, 0.2) is 10.9 Å². The number of amides is 2. The highest BCUT2D eigenvalue weighted by molar-refractivity contribution is 7.22. The lowest BCUT2D eigenvalue weighted by atomic mass is 10.1. The molecule has 2 aromatic heterocycles. The molecule has 6 nitrogen and oxygen atoms in total. The van der Waals surface area contributed by atoms with Crippen LogP contribution in [0.4, 0.5) is 15.2 Å². The molecule has 0 aliphatic rings. The molecule has 28 heavy (non-hydrogen) atoms. The highest BCUT2D eigenvalue weighted by Gasteiger charge is 2.14. The summed E-state index contributed by atoms with van der Waals surface area (Å²) in [6.45, 7) is 1.82. The number of carbonyl (C=O) groups is 2. The monoisotopic (exact) mass is 395 g/mol. The standard InChI is InChI=1S/C20H14FN3O3S/c1-11-4-5-12(9-15(11)22-19(26)16-3-2-8-27-16)18(25)24-20-23-14-7-6-13(21)10-17(14)28-20/h2-10H,1H3,(H,22,26)(H,23,24,25). The Kier molecular flexibility index (Phi) is 4.62. The van der Waals surface area contributed by atoms with Crippen LogP contribution in [0.5, 0.6) is 0 Å². The van der Waals surface area contributed by atoms with Crippen molar-refractivity contribution in [3.8, 4) is 0 Å². The zero-order chi connectivity index (χ0) is 19.7. The maximum Gasteiger partial charge on any atom is 0.291 e. The van der Waals surface area contributed by atoms with Crippen LogP contribution < -0.4 is 10.6 Å². The van der Waals surface area contributed by atoms with E-state index < -0.39 is 5.91 Å². The van der Waals surface area contributed by atoms with E-state index in [1.54, 1.807) is 36.4 Å². The largest absolute Gasteiger partial charge is 0.459 e. The van der Waals surface area contributed by atoms with Crippen LogP contribution in [-0.2, 0) is 0 Å². The van der Waals surface area contributed by atoms with E-state index in [1.165, 1.54) is 29.7 Å². The zero-order valence-electron chi connectivity index (χ0n) is 14.7. The lowest BCUT2D eigenvalue weighted by molar-refractivity contribution is 0.0993. The van der Waals surface area contributed by atoms with Crippen LogP contribution in [0.2, 0.25) is 0 Å². The molecule has 4 rings (SSSR count). The minimum Gasteiger partial charge on any atom is -0.459 e. The van der Waals surface area contributed by atoms with E-state index in [1.807, 2.05) is 6.92 Å². The highest BCUT2D eigenvalue weighted by Crippen LogP contribution is 2.27. The van der Waals surface area contributed by atoms with Gasteiger partial charge in [0.05, 0.1) is 16.5 Å². The molecule has 0 fully saturated rings. The average molecular weight is 395 g/mol. The van der Waals surface area contributed by atoms with Crippen LogP contribution in [-0.4, -0.2) is 16.8 Å². The molecule has 2 aromatic carbocycles. The Labute approximate surface area is 163 Å².